The number of carboxylic acids is 1. The minimum absolute atomic E-state index is 0.228. The van der Waals surface area contributed by atoms with Gasteiger partial charge in [-0.05, 0) is 19.9 Å². The van der Waals surface area contributed by atoms with Crippen molar-refractivity contribution in [1.29, 1.82) is 0 Å². The number of aliphatic imine (C=N–C) groups is 1. The van der Waals surface area contributed by atoms with E-state index in [1.807, 2.05) is 24.3 Å². The van der Waals surface area contributed by atoms with Gasteiger partial charge in [-0.1, -0.05) is 30.0 Å². The predicted molar refractivity (Wildman–Crippen MR) is 83.2 cm³/mol. The summed E-state index contributed by atoms with van der Waals surface area (Å²) < 4.78 is -0.622. The van der Waals surface area contributed by atoms with Crippen molar-refractivity contribution in [3.05, 3.63) is 36.0 Å². The quantitative estimate of drug-likeness (QED) is 0.854. The number of carboxylic acid groups (broad SMARTS) is 1. The highest BCUT2D eigenvalue weighted by molar-refractivity contribution is 8.17. The smallest absolute Gasteiger partial charge is 0.329 e. The van der Waals surface area contributed by atoms with E-state index in [1.165, 1.54) is 11.8 Å². The van der Waals surface area contributed by atoms with Crippen molar-refractivity contribution in [2.24, 2.45) is 4.99 Å². The molecule has 0 fully saturated rings. The van der Waals surface area contributed by atoms with Crippen LogP contribution in [-0.2, 0) is 4.79 Å². The van der Waals surface area contributed by atoms with Gasteiger partial charge in [-0.25, -0.2) is 4.79 Å². The van der Waals surface area contributed by atoms with E-state index in [-0.39, 0.29) is 10.8 Å². The van der Waals surface area contributed by atoms with Crippen molar-refractivity contribution >= 4 is 39.5 Å². The molecule has 21 heavy (non-hydrogen) atoms. The van der Waals surface area contributed by atoms with Gasteiger partial charge in [0.2, 0.25) is 5.78 Å². The Morgan fingerprint density at radius 3 is 2.71 bits per heavy atom. The first-order valence-electron chi connectivity index (χ1n) is 6.50. The molecule has 6 heteroatoms. The number of nitrogens with zero attached hydrogens (tertiary/aromatic N) is 1. The number of carbonyl (C=O) groups is 2. The molecule has 1 atom stereocenters. The van der Waals surface area contributed by atoms with Crippen LogP contribution in [0.25, 0.3) is 10.9 Å². The third kappa shape index (κ3) is 2.25. The van der Waals surface area contributed by atoms with Crippen molar-refractivity contribution in [3.8, 4) is 0 Å². The fourth-order valence-electron chi connectivity index (χ4n) is 2.44. The molecule has 1 unspecified atom stereocenters. The van der Waals surface area contributed by atoms with Gasteiger partial charge in [-0.3, -0.25) is 9.79 Å². The standard InChI is InChI=1S/C15H14N2O3S/c1-15(2)12(14(19)20)17-13(21-15)11(18)9-7-16-10-6-4-3-5-8(9)10/h3-7,12,16H,1-2H3,(H,19,20). The Balaban J connectivity index is 2.00. The number of ketones is 1. The van der Waals surface area contributed by atoms with Gasteiger partial charge < -0.3 is 10.1 Å². The van der Waals surface area contributed by atoms with Crippen LogP contribution >= 0.6 is 11.8 Å². The molecule has 1 aliphatic rings. The Labute approximate surface area is 125 Å². The van der Waals surface area contributed by atoms with Crippen LogP contribution in [0.2, 0.25) is 0 Å². The molecular formula is C15H14N2O3S. The van der Waals surface area contributed by atoms with Crippen LogP contribution in [0.4, 0.5) is 0 Å². The minimum Gasteiger partial charge on any atom is -0.480 e. The van der Waals surface area contributed by atoms with E-state index in [0.717, 1.165) is 10.9 Å². The second-order valence-electron chi connectivity index (χ2n) is 5.46. The number of para-hydroxylation sites is 1. The molecule has 2 N–H and O–H groups in total. The number of thioether (sulfide) groups is 1. The Morgan fingerprint density at radius 1 is 1.33 bits per heavy atom. The van der Waals surface area contributed by atoms with E-state index in [2.05, 4.69) is 9.98 Å². The molecule has 0 bridgehead atoms. The molecule has 1 aromatic heterocycles. The third-order valence-electron chi connectivity index (χ3n) is 3.53. The summed E-state index contributed by atoms with van der Waals surface area (Å²) >= 11 is 1.22. The first kappa shape index (κ1) is 13.9. The van der Waals surface area contributed by atoms with Crippen LogP contribution in [0, 0.1) is 0 Å². The molecule has 108 valence electrons. The van der Waals surface area contributed by atoms with Crippen molar-refractivity contribution in [3.63, 3.8) is 0 Å². The van der Waals surface area contributed by atoms with Crippen molar-refractivity contribution in [2.45, 2.75) is 24.6 Å². The van der Waals surface area contributed by atoms with E-state index in [1.54, 1.807) is 20.0 Å². The predicted octanol–water partition coefficient (Wildman–Crippen LogP) is 2.73. The summed E-state index contributed by atoms with van der Waals surface area (Å²) in [5, 5.41) is 10.3. The summed E-state index contributed by atoms with van der Waals surface area (Å²) in [6.45, 7) is 3.57. The number of aliphatic carboxylic acids is 1. The number of hydrogen-bond donors (Lipinski definition) is 2. The van der Waals surface area contributed by atoms with Gasteiger partial charge in [0.05, 0.1) is 5.56 Å². The maximum atomic E-state index is 12.6. The number of fused-ring (bicyclic) bond motifs is 1. The van der Waals surface area contributed by atoms with E-state index >= 15 is 0 Å². The first-order valence-corrected chi connectivity index (χ1v) is 7.32. The topological polar surface area (TPSA) is 82.5 Å². The lowest BCUT2D eigenvalue weighted by atomic mass is 10.0. The average molecular weight is 302 g/mol. The number of aromatic amines is 1. The molecule has 2 heterocycles. The van der Waals surface area contributed by atoms with Gasteiger partial charge in [-0.2, -0.15) is 0 Å². The van der Waals surface area contributed by atoms with Crippen LogP contribution in [0.15, 0.2) is 35.5 Å². The van der Waals surface area contributed by atoms with Crippen LogP contribution in [0.3, 0.4) is 0 Å². The second kappa shape index (κ2) is 4.73. The number of carbonyl (C=O) groups excluding carboxylic acids is 1. The third-order valence-corrected chi connectivity index (χ3v) is 4.76. The van der Waals surface area contributed by atoms with Gasteiger partial charge in [0.15, 0.2) is 6.04 Å². The molecule has 0 saturated heterocycles. The van der Waals surface area contributed by atoms with Gasteiger partial charge in [0, 0.05) is 21.8 Å². The fourth-order valence-corrected chi connectivity index (χ4v) is 3.56. The highest BCUT2D eigenvalue weighted by atomic mass is 32.2. The highest BCUT2D eigenvalue weighted by Gasteiger charge is 2.44. The molecule has 5 nitrogen and oxygen atoms in total. The molecular weight excluding hydrogens is 288 g/mol. The van der Waals surface area contributed by atoms with Gasteiger partial charge in [-0.15, -0.1) is 0 Å². The van der Waals surface area contributed by atoms with Crippen LogP contribution in [-0.4, -0.2) is 37.7 Å². The summed E-state index contributed by atoms with van der Waals surface area (Å²) in [5.74, 6) is -1.23. The highest BCUT2D eigenvalue weighted by Crippen LogP contribution is 2.39. The molecule has 0 saturated carbocycles. The normalized spacial score (nSPS) is 20.5. The summed E-state index contributed by atoms with van der Waals surface area (Å²) in [6, 6.07) is 6.60. The Morgan fingerprint density at radius 2 is 2.05 bits per heavy atom. The maximum Gasteiger partial charge on any atom is 0.329 e. The summed E-state index contributed by atoms with van der Waals surface area (Å²) in [5.41, 5.74) is 1.40. The van der Waals surface area contributed by atoms with E-state index in [9.17, 15) is 14.7 Å². The number of aromatic nitrogens is 1. The van der Waals surface area contributed by atoms with Crippen LogP contribution in [0.1, 0.15) is 24.2 Å². The molecule has 2 aromatic rings. The molecule has 1 aliphatic heterocycles. The zero-order valence-corrected chi connectivity index (χ0v) is 12.4. The van der Waals surface area contributed by atoms with E-state index < -0.39 is 16.8 Å². The second-order valence-corrected chi connectivity index (χ2v) is 7.10. The largest absolute Gasteiger partial charge is 0.480 e. The number of hydrogen-bond acceptors (Lipinski definition) is 4. The zero-order valence-electron chi connectivity index (χ0n) is 11.6. The molecule has 0 aliphatic carbocycles. The first-order chi connectivity index (χ1) is 9.90. The van der Waals surface area contributed by atoms with Gasteiger partial charge >= 0.3 is 5.97 Å². The number of Topliss-reactive ketones (excluding diaryl/α,β-unsaturated/α-hetero) is 1. The number of nitrogens with one attached hydrogen (secondary N) is 1. The van der Waals surface area contributed by atoms with E-state index in [0.29, 0.717) is 5.56 Å². The lowest BCUT2D eigenvalue weighted by molar-refractivity contribution is -0.138. The molecule has 0 amide bonds. The lowest BCUT2D eigenvalue weighted by Gasteiger charge is -2.20. The van der Waals surface area contributed by atoms with Gasteiger partial charge in [0.25, 0.3) is 0 Å². The Hall–Kier alpha value is -2.08. The van der Waals surface area contributed by atoms with E-state index in [4.69, 9.17) is 0 Å². The van der Waals surface area contributed by atoms with Gasteiger partial charge in [0.1, 0.15) is 5.04 Å². The fraction of sp³-hybridized carbons (Fsp3) is 0.267. The summed E-state index contributed by atoms with van der Waals surface area (Å²) in [4.78, 5) is 31.0. The number of benzene rings is 1. The summed E-state index contributed by atoms with van der Waals surface area (Å²) in [6.07, 6.45) is 1.65. The number of rotatable bonds is 3. The number of H-pyrrole nitrogens is 1. The molecule has 3 rings (SSSR count). The maximum absolute atomic E-state index is 12.6. The molecule has 0 radical (unpaired) electrons. The van der Waals surface area contributed by atoms with Crippen molar-refractivity contribution < 1.29 is 14.7 Å². The van der Waals surface area contributed by atoms with Crippen LogP contribution in [0.5, 0.6) is 0 Å². The molecule has 0 spiro atoms. The average Bonchev–Trinajstić information content (AvgIpc) is 2.98. The van der Waals surface area contributed by atoms with Crippen molar-refractivity contribution in [1.82, 2.24) is 4.98 Å². The monoisotopic (exact) mass is 302 g/mol. The zero-order chi connectivity index (χ0) is 15.2. The van der Waals surface area contributed by atoms with Crippen molar-refractivity contribution in [2.75, 3.05) is 0 Å². The Bertz CT molecular complexity index is 776. The minimum atomic E-state index is -1.01. The lowest BCUT2D eigenvalue weighted by Crippen LogP contribution is -2.34. The SMILES string of the molecule is CC1(C)SC(C(=O)c2c[nH]c3ccccc23)=NC1C(=O)O. The summed E-state index contributed by atoms with van der Waals surface area (Å²) in [7, 11) is 0. The Kier molecular flexibility index (Phi) is 3.13. The van der Waals surface area contributed by atoms with Crippen LogP contribution < -0.4 is 0 Å². The molecule has 1 aromatic carbocycles.